The predicted octanol–water partition coefficient (Wildman–Crippen LogP) is 5.75. The van der Waals surface area contributed by atoms with Crippen LogP contribution in [0.1, 0.15) is 145 Å². The molecule has 0 saturated heterocycles. The summed E-state index contributed by atoms with van der Waals surface area (Å²) in [6.45, 7) is 16.6. The van der Waals surface area contributed by atoms with Gasteiger partial charge < -0.3 is 45.1 Å². The van der Waals surface area contributed by atoms with Crippen LogP contribution in [-0.2, 0) is 34.8 Å². The van der Waals surface area contributed by atoms with Gasteiger partial charge in [0.15, 0.2) is 0 Å². The van der Waals surface area contributed by atoms with E-state index in [4.69, 9.17) is 25.3 Å². The topological polar surface area (TPSA) is 80.3 Å². The number of carbonyl (C=O) groups excluding carboxylic acids is 2. The Bertz CT molecular complexity index is 409. The smallest absolute Gasteiger partial charge is 0.793 e. The van der Waals surface area contributed by atoms with Crippen molar-refractivity contribution >= 4 is 61.1 Å². The molecule has 0 aromatic carbocycles. The van der Waals surface area contributed by atoms with Crippen LogP contribution in [-0.4, -0.2) is 47.4 Å². The summed E-state index contributed by atoms with van der Waals surface area (Å²) in [5, 5.41) is 22.0. The van der Waals surface area contributed by atoms with E-state index < -0.39 is 22.8 Å². The van der Waals surface area contributed by atoms with Crippen LogP contribution in [0.15, 0.2) is 0 Å². The van der Waals surface area contributed by atoms with Crippen LogP contribution < -0.4 is 10.2 Å². The first-order valence-electron chi connectivity index (χ1n) is 13.7. The van der Waals surface area contributed by atoms with E-state index in [0.29, 0.717) is 50.0 Å². The Hall–Kier alpha value is 0.439. The summed E-state index contributed by atoms with van der Waals surface area (Å²) in [6.07, 6.45) is 13.0. The summed E-state index contributed by atoms with van der Waals surface area (Å²) in [4.78, 5) is 22.0. The van der Waals surface area contributed by atoms with Crippen molar-refractivity contribution in [1.82, 2.24) is 0 Å². The van der Waals surface area contributed by atoms with Gasteiger partial charge in [-0.15, -0.1) is 0 Å². The van der Waals surface area contributed by atoms with Crippen molar-refractivity contribution in [1.29, 1.82) is 0 Å². The number of hydrogen-bond donors (Lipinski definition) is 0. The molecule has 0 spiro atoms. The van der Waals surface area contributed by atoms with Crippen molar-refractivity contribution in [3.63, 3.8) is 0 Å². The minimum absolute atomic E-state index is 0. The molecule has 0 amide bonds. The molecule has 0 aliphatic heterocycles. The summed E-state index contributed by atoms with van der Waals surface area (Å²) < 4.78 is 0. The molecule has 2 unspecified atom stereocenters. The van der Waals surface area contributed by atoms with Crippen molar-refractivity contribution in [2.75, 3.05) is 11.5 Å². The maximum atomic E-state index is 11.0. The molecule has 35 heavy (non-hydrogen) atoms. The first-order chi connectivity index (χ1) is 16.1. The minimum atomic E-state index is -0.923. The third-order valence-electron chi connectivity index (χ3n) is 6.40. The first-order valence-corrected chi connectivity index (χ1v) is 14.8. The molecule has 0 heterocycles. The third-order valence-corrected chi connectivity index (χ3v) is 6.81. The predicted molar refractivity (Wildman–Crippen MR) is 155 cm³/mol. The number of rotatable bonds is 16. The summed E-state index contributed by atoms with van der Waals surface area (Å²) in [7, 11) is 0. The quantitative estimate of drug-likeness (QED) is 0.158. The van der Waals surface area contributed by atoms with E-state index in [1.54, 1.807) is 0 Å². The van der Waals surface area contributed by atoms with Crippen LogP contribution in [0, 0.1) is 10.8 Å². The molecule has 0 rings (SSSR count). The number of carboxylic acids is 2. The van der Waals surface area contributed by atoms with Crippen LogP contribution >= 0.6 is 0 Å². The summed E-state index contributed by atoms with van der Waals surface area (Å²) in [5.74, 6) is -0.835. The van der Waals surface area contributed by atoms with Crippen LogP contribution in [0.2, 0.25) is 0 Å². The molecule has 4 nitrogen and oxygen atoms in total. The molecule has 2 atom stereocenters. The van der Waals surface area contributed by atoms with Crippen LogP contribution in [0.4, 0.5) is 0 Å². The van der Waals surface area contributed by atoms with Crippen molar-refractivity contribution in [3.8, 4) is 0 Å². The number of carboxylic acid groups (broad SMARTS) is 2. The zero-order valence-corrected chi connectivity index (χ0v) is 28.8. The Kier molecular flexibility index (Phi) is 42.1. The van der Waals surface area contributed by atoms with E-state index in [1.807, 2.05) is 13.8 Å². The zero-order valence-electron chi connectivity index (χ0n) is 24.3. The van der Waals surface area contributed by atoms with Gasteiger partial charge in [-0.3, -0.25) is 0 Å². The molecule has 210 valence electrons. The van der Waals surface area contributed by atoms with E-state index in [1.165, 1.54) is 25.7 Å². The van der Waals surface area contributed by atoms with Crippen LogP contribution in [0.3, 0.4) is 0 Å². The second-order valence-electron chi connectivity index (χ2n) is 8.96. The summed E-state index contributed by atoms with van der Waals surface area (Å²) in [5.41, 5.74) is -1.31. The van der Waals surface area contributed by atoms with Crippen LogP contribution in [0.25, 0.3) is 0 Å². The van der Waals surface area contributed by atoms with E-state index >= 15 is 0 Å². The van der Waals surface area contributed by atoms with Crippen molar-refractivity contribution in [2.24, 2.45) is 10.8 Å². The average molecular weight is 640 g/mol. The average Bonchev–Trinajstić information content (AvgIpc) is 2.84. The molecule has 7 heteroatoms. The van der Waals surface area contributed by atoms with Crippen LogP contribution in [0.5, 0.6) is 0 Å². The fourth-order valence-corrected chi connectivity index (χ4v) is 3.86. The maximum absolute atomic E-state index is 11.0. The van der Waals surface area contributed by atoms with E-state index in [0.717, 1.165) is 25.7 Å². The number of hydrogen-bond acceptors (Lipinski definition) is 6. The van der Waals surface area contributed by atoms with Gasteiger partial charge in [-0.05, 0) is 25.7 Å². The van der Waals surface area contributed by atoms with Crippen molar-refractivity contribution in [2.45, 2.75) is 145 Å². The van der Waals surface area contributed by atoms with E-state index in [9.17, 15) is 19.8 Å². The van der Waals surface area contributed by atoms with Crippen molar-refractivity contribution < 1.29 is 19.8 Å². The molecular weight excluding hydrogens is 583 g/mol. The molecule has 0 aliphatic carbocycles. The van der Waals surface area contributed by atoms with Gasteiger partial charge in [0.05, 0.1) is 0 Å². The fourth-order valence-electron chi connectivity index (χ4n) is 3.08. The zero-order chi connectivity index (χ0) is 27.5. The summed E-state index contributed by atoms with van der Waals surface area (Å²) in [6, 6.07) is 0. The Morgan fingerprint density at radius 3 is 0.914 bits per heavy atom. The second-order valence-corrected chi connectivity index (χ2v) is 9.77. The maximum Gasteiger partial charge on any atom is 2.00 e. The Morgan fingerprint density at radius 1 is 0.543 bits per heavy atom. The molecule has 0 saturated carbocycles. The fraction of sp³-hybridized carbons (Fsp3) is 0.929. The Morgan fingerprint density at radius 2 is 0.800 bits per heavy atom. The van der Waals surface area contributed by atoms with Crippen molar-refractivity contribution in [3.05, 3.63) is 0 Å². The normalized spacial score (nSPS) is 13.1. The Labute approximate surface area is 247 Å². The van der Waals surface area contributed by atoms with Gasteiger partial charge >= 0.3 is 23.9 Å². The number of aliphatic carboxylic acids is 2. The molecule has 2 radical (unpaired) electrons. The minimum Gasteiger partial charge on any atom is -0.793 e. The molecule has 0 N–H and O–H groups in total. The van der Waals surface area contributed by atoms with Gasteiger partial charge in [-0.25, -0.2) is 0 Å². The van der Waals surface area contributed by atoms with E-state index in [-0.39, 0.29) is 23.9 Å². The van der Waals surface area contributed by atoms with Gasteiger partial charge in [0.25, 0.3) is 0 Å². The monoisotopic (exact) mass is 640 g/mol. The Balaban J connectivity index is -0.000000128. The molecule has 0 fully saturated rings. The number of unbranched alkanes of at least 4 members (excludes halogenated alkanes) is 4. The van der Waals surface area contributed by atoms with Gasteiger partial charge in [0.2, 0.25) is 0 Å². The molecule has 0 aromatic heterocycles. The summed E-state index contributed by atoms with van der Waals surface area (Å²) >= 11 is 9.69. The SMILES string of the molecule is CCCC.CCCC.CCCCC(CC)(CC[S-])C(=O)[O-].CCCCC(CC)(CC[S-])C(=O)[O-].[Sn+2]. The van der Waals surface area contributed by atoms with Gasteiger partial charge in [-0.2, -0.15) is 11.5 Å². The van der Waals surface area contributed by atoms with E-state index in [2.05, 4.69) is 41.5 Å². The molecule has 0 bridgehead atoms. The first kappa shape index (κ1) is 45.4. The van der Waals surface area contributed by atoms with Gasteiger partial charge in [0, 0.05) is 22.8 Å². The molecular formula is C28H56O4S2Sn-2. The molecule has 0 aliphatic rings. The standard InChI is InChI=1S/2C10H20O2S.2C4H10.Sn/c2*1-3-5-6-10(4-2,7-8-13)9(11)12;2*1-3-4-2;/h2*13H,3-8H2,1-2H3,(H,11,12);2*3-4H2,1-2H3;/q;;;;+2/p-4. The largest absolute Gasteiger partial charge is 2.00 e. The van der Waals surface area contributed by atoms with Gasteiger partial charge in [0.1, 0.15) is 0 Å². The number of carbonyl (C=O) groups is 2. The third kappa shape index (κ3) is 24.5. The van der Waals surface area contributed by atoms with Gasteiger partial charge in [-0.1, -0.05) is 120 Å². The second kappa shape index (κ2) is 32.5. The molecule has 0 aromatic rings.